The van der Waals surface area contributed by atoms with Crippen LogP contribution in [0, 0.1) is 5.92 Å². The minimum atomic E-state index is -0.323. The van der Waals surface area contributed by atoms with E-state index in [0.717, 1.165) is 19.0 Å². The van der Waals surface area contributed by atoms with Crippen molar-refractivity contribution in [1.29, 1.82) is 0 Å². The number of nitrogens with two attached hydrogens (primary N) is 1. The highest BCUT2D eigenvalue weighted by atomic mass is 16.1. The molecule has 3 rings (SSSR count). The van der Waals surface area contributed by atoms with Gasteiger partial charge in [-0.2, -0.15) is 0 Å². The van der Waals surface area contributed by atoms with Crippen LogP contribution in [0.3, 0.4) is 0 Å². The Morgan fingerprint density at radius 2 is 1.92 bits per heavy atom. The maximum atomic E-state index is 11.5. The summed E-state index contributed by atoms with van der Waals surface area (Å²) in [6.45, 7) is 8.00. The fourth-order valence-electron chi connectivity index (χ4n) is 4.95. The van der Waals surface area contributed by atoms with Crippen LogP contribution in [0.25, 0.3) is 0 Å². The number of rotatable bonds is 9. The second-order valence-electron chi connectivity index (χ2n) is 8.17. The van der Waals surface area contributed by atoms with Crippen molar-refractivity contribution in [1.82, 2.24) is 10.2 Å². The first-order valence-corrected chi connectivity index (χ1v) is 10.5. The van der Waals surface area contributed by atoms with Gasteiger partial charge in [0, 0.05) is 30.7 Å². The van der Waals surface area contributed by atoms with E-state index in [1.807, 2.05) is 18.2 Å². The van der Waals surface area contributed by atoms with E-state index in [2.05, 4.69) is 30.1 Å². The summed E-state index contributed by atoms with van der Waals surface area (Å²) in [7, 11) is 0. The van der Waals surface area contributed by atoms with Gasteiger partial charge in [0.15, 0.2) is 0 Å². The van der Waals surface area contributed by atoms with Crippen molar-refractivity contribution in [2.75, 3.05) is 19.6 Å². The fourth-order valence-corrected chi connectivity index (χ4v) is 4.95. The molecule has 2 saturated heterocycles. The molecule has 4 heteroatoms. The number of primary amides is 1. The van der Waals surface area contributed by atoms with Crippen LogP contribution in [0.2, 0.25) is 0 Å². The van der Waals surface area contributed by atoms with Crippen LogP contribution < -0.4 is 11.1 Å². The van der Waals surface area contributed by atoms with Crippen LogP contribution in [0.1, 0.15) is 74.2 Å². The number of fused-ring (bicyclic) bond motifs is 2. The first-order valence-electron chi connectivity index (χ1n) is 10.5. The Balaban J connectivity index is 1.53. The highest BCUT2D eigenvalue weighted by Gasteiger charge is 2.40. The molecule has 3 atom stereocenters. The van der Waals surface area contributed by atoms with E-state index < -0.39 is 0 Å². The average molecular weight is 358 g/mol. The molecule has 2 bridgehead atoms. The van der Waals surface area contributed by atoms with Crippen molar-refractivity contribution >= 4 is 5.91 Å². The number of benzene rings is 1. The molecule has 3 N–H and O–H groups in total. The second kappa shape index (κ2) is 9.01. The minimum absolute atomic E-state index is 0.323. The molecule has 4 nitrogen and oxygen atoms in total. The molecule has 1 aromatic rings. The third-order valence-corrected chi connectivity index (χ3v) is 6.66. The molecule has 26 heavy (non-hydrogen) atoms. The molecule has 2 fully saturated rings. The Kier molecular flexibility index (Phi) is 6.71. The monoisotopic (exact) mass is 357 g/mol. The number of nitrogens with zero attached hydrogens (tertiary/aromatic N) is 1. The van der Waals surface area contributed by atoms with Crippen LogP contribution in [0.4, 0.5) is 0 Å². The third kappa shape index (κ3) is 4.47. The standard InChI is InChI=1S/C22H35N3O/c1-3-16(4-2)15-24-10-11-25-20-8-9-21(25)14-19(13-20)17-6-5-7-18(12-17)22(23)26/h5-7,12,16,19-21,24H,3-4,8-11,13-15H2,1-2H3,(H2,23,26)/t19-,20+,21-. The lowest BCUT2D eigenvalue weighted by Gasteiger charge is -2.39. The van der Waals surface area contributed by atoms with Crippen LogP contribution in [0.5, 0.6) is 0 Å². The van der Waals surface area contributed by atoms with E-state index >= 15 is 0 Å². The number of carbonyl (C=O) groups is 1. The van der Waals surface area contributed by atoms with Gasteiger partial charge in [0.2, 0.25) is 5.91 Å². The number of nitrogens with one attached hydrogen (secondary N) is 1. The quantitative estimate of drug-likeness (QED) is 0.665. The van der Waals surface area contributed by atoms with Crippen LogP contribution in [0.15, 0.2) is 24.3 Å². The van der Waals surface area contributed by atoms with Crippen molar-refractivity contribution < 1.29 is 4.79 Å². The van der Waals surface area contributed by atoms with E-state index in [0.29, 0.717) is 23.6 Å². The van der Waals surface area contributed by atoms with Crippen LogP contribution in [-0.4, -0.2) is 42.5 Å². The van der Waals surface area contributed by atoms with Crippen molar-refractivity contribution in [2.45, 2.75) is 70.4 Å². The van der Waals surface area contributed by atoms with Gasteiger partial charge >= 0.3 is 0 Å². The number of hydrogen-bond acceptors (Lipinski definition) is 3. The van der Waals surface area contributed by atoms with Gasteiger partial charge in [-0.25, -0.2) is 0 Å². The molecule has 0 unspecified atom stereocenters. The Hall–Kier alpha value is -1.39. The summed E-state index contributed by atoms with van der Waals surface area (Å²) in [6.07, 6.45) is 7.61. The van der Waals surface area contributed by atoms with Crippen LogP contribution >= 0.6 is 0 Å². The molecule has 2 aliphatic heterocycles. The molecule has 0 aliphatic carbocycles. The SMILES string of the molecule is CCC(CC)CNCCN1[C@@H]2CC[C@H]1C[C@@H](c1cccc(C(N)=O)c1)C2. The molecular formula is C22H35N3O. The van der Waals surface area contributed by atoms with E-state index in [1.165, 1.54) is 50.6 Å². The maximum Gasteiger partial charge on any atom is 0.248 e. The molecule has 0 spiro atoms. The summed E-state index contributed by atoms with van der Waals surface area (Å²) in [5, 5.41) is 3.67. The predicted octanol–water partition coefficient (Wildman–Crippen LogP) is 3.52. The lowest BCUT2D eigenvalue weighted by atomic mass is 9.84. The van der Waals surface area contributed by atoms with Gasteiger partial charge in [-0.3, -0.25) is 9.69 Å². The predicted molar refractivity (Wildman–Crippen MR) is 107 cm³/mol. The third-order valence-electron chi connectivity index (χ3n) is 6.66. The van der Waals surface area contributed by atoms with E-state index in [4.69, 9.17) is 5.73 Å². The molecule has 0 saturated carbocycles. The highest BCUT2D eigenvalue weighted by molar-refractivity contribution is 5.92. The molecule has 1 amide bonds. The number of piperidine rings is 1. The second-order valence-corrected chi connectivity index (χ2v) is 8.17. The summed E-state index contributed by atoms with van der Waals surface area (Å²) in [4.78, 5) is 14.2. The van der Waals surface area contributed by atoms with Gasteiger partial charge in [0.05, 0.1) is 0 Å². The Morgan fingerprint density at radius 1 is 1.23 bits per heavy atom. The van der Waals surface area contributed by atoms with Crippen molar-refractivity contribution in [3.63, 3.8) is 0 Å². The summed E-state index contributed by atoms with van der Waals surface area (Å²) in [5.74, 6) is 1.06. The van der Waals surface area contributed by atoms with Crippen molar-refractivity contribution in [2.24, 2.45) is 11.7 Å². The molecular weight excluding hydrogens is 322 g/mol. The van der Waals surface area contributed by atoms with Crippen molar-refractivity contribution in [3.8, 4) is 0 Å². The largest absolute Gasteiger partial charge is 0.366 e. The highest BCUT2D eigenvalue weighted by Crippen LogP contribution is 2.42. The van der Waals surface area contributed by atoms with Gasteiger partial charge in [-0.05, 0) is 61.8 Å². The Morgan fingerprint density at radius 3 is 2.54 bits per heavy atom. The Bertz CT molecular complexity index is 585. The minimum Gasteiger partial charge on any atom is -0.366 e. The molecule has 2 heterocycles. The average Bonchev–Trinajstić information content (AvgIpc) is 2.89. The summed E-state index contributed by atoms with van der Waals surface area (Å²) < 4.78 is 0. The molecule has 2 aliphatic rings. The number of amides is 1. The van der Waals surface area contributed by atoms with E-state index in [-0.39, 0.29) is 5.91 Å². The first kappa shape index (κ1) is 19.4. The zero-order chi connectivity index (χ0) is 18.5. The van der Waals surface area contributed by atoms with Crippen molar-refractivity contribution in [3.05, 3.63) is 35.4 Å². The topological polar surface area (TPSA) is 58.4 Å². The maximum absolute atomic E-state index is 11.5. The van der Waals surface area contributed by atoms with Gasteiger partial charge in [-0.1, -0.05) is 38.8 Å². The fraction of sp³-hybridized carbons (Fsp3) is 0.682. The summed E-state index contributed by atoms with van der Waals surface area (Å²) >= 11 is 0. The van der Waals surface area contributed by atoms with Crippen LogP contribution in [-0.2, 0) is 0 Å². The summed E-state index contributed by atoms with van der Waals surface area (Å²) in [5.41, 5.74) is 7.39. The summed E-state index contributed by atoms with van der Waals surface area (Å²) in [6, 6.07) is 9.38. The molecule has 144 valence electrons. The zero-order valence-corrected chi connectivity index (χ0v) is 16.4. The molecule has 0 radical (unpaired) electrons. The van der Waals surface area contributed by atoms with Gasteiger partial charge < -0.3 is 11.1 Å². The molecule has 0 aromatic heterocycles. The number of hydrogen-bond donors (Lipinski definition) is 2. The Labute approximate surface area is 158 Å². The normalized spacial score (nSPS) is 25.7. The van der Waals surface area contributed by atoms with E-state index in [1.54, 1.807) is 0 Å². The lowest BCUT2D eigenvalue weighted by Crippen LogP contribution is -2.45. The number of carbonyl (C=O) groups excluding carboxylic acids is 1. The lowest BCUT2D eigenvalue weighted by molar-refractivity contribution is 0.1000. The zero-order valence-electron chi connectivity index (χ0n) is 16.4. The molecule has 1 aromatic carbocycles. The smallest absolute Gasteiger partial charge is 0.248 e. The van der Waals surface area contributed by atoms with Gasteiger partial charge in [0.1, 0.15) is 0 Å². The first-order chi connectivity index (χ1) is 12.6. The van der Waals surface area contributed by atoms with Gasteiger partial charge in [0.25, 0.3) is 0 Å². The van der Waals surface area contributed by atoms with Gasteiger partial charge in [-0.15, -0.1) is 0 Å². The van der Waals surface area contributed by atoms with E-state index in [9.17, 15) is 4.79 Å².